The lowest BCUT2D eigenvalue weighted by atomic mass is 10.0. The zero-order valence-corrected chi connectivity index (χ0v) is 13.4. The van der Waals surface area contributed by atoms with Crippen molar-refractivity contribution >= 4 is 37.8 Å². The second kappa shape index (κ2) is 7.89. The number of amides is 1. The second-order valence-electron chi connectivity index (χ2n) is 4.12. The number of rotatable bonds is 6. The van der Waals surface area contributed by atoms with Crippen LogP contribution < -0.4 is 5.32 Å². The Hall–Kier alpha value is -0.420. The highest BCUT2D eigenvalue weighted by atomic mass is 79.9. The Morgan fingerprint density at radius 2 is 2.17 bits per heavy atom. The third-order valence-electron chi connectivity index (χ3n) is 2.77. The molecule has 0 saturated heterocycles. The zero-order chi connectivity index (χ0) is 13.5. The summed E-state index contributed by atoms with van der Waals surface area (Å²) in [6.45, 7) is 2.72. The third-order valence-corrected chi connectivity index (χ3v) is 3.69. The van der Waals surface area contributed by atoms with Crippen LogP contribution in [0.25, 0.3) is 0 Å². The summed E-state index contributed by atoms with van der Waals surface area (Å²) in [6, 6.07) is 4.19. The average molecular weight is 381 g/mol. The summed E-state index contributed by atoms with van der Waals surface area (Å²) >= 11 is 6.57. The second-order valence-corrected chi connectivity index (χ2v) is 5.83. The number of carbonyl (C=O) groups excluding carboxylic acids is 1. The van der Waals surface area contributed by atoms with E-state index in [0.717, 1.165) is 18.2 Å². The van der Waals surface area contributed by atoms with Crippen LogP contribution in [0.4, 0.5) is 4.39 Å². The van der Waals surface area contributed by atoms with E-state index in [2.05, 4.69) is 44.1 Å². The van der Waals surface area contributed by atoms with Crippen LogP contribution in [0.5, 0.6) is 0 Å². The van der Waals surface area contributed by atoms with E-state index in [1.54, 1.807) is 6.07 Å². The summed E-state index contributed by atoms with van der Waals surface area (Å²) in [5.41, 5.74) is 0.343. The fourth-order valence-corrected chi connectivity index (χ4v) is 2.74. The number of hydrogen-bond acceptors (Lipinski definition) is 1. The first-order valence-corrected chi connectivity index (χ1v) is 7.78. The molecule has 0 aromatic heterocycles. The predicted molar refractivity (Wildman–Crippen MR) is 78.6 cm³/mol. The fourth-order valence-electron chi connectivity index (χ4n) is 1.63. The van der Waals surface area contributed by atoms with Gasteiger partial charge in [-0.05, 0) is 30.5 Å². The largest absolute Gasteiger partial charge is 0.352 e. The van der Waals surface area contributed by atoms with Gasteiger partial charge in [0.15, 0.2) is 0 Å². The lowest BCUT2D eigenvalue weighted by Gasteiger charge is -2.14. The molecule has 0 heterocycles. The normalized spacial score (nSPS) is 12.2. The van der Waals surface area contributed by atoms with Crippen LogP contribution in [0.2, 0.25) is 0 Å². The van der Waals surface area contributed by atoms with E-state index in [4.69, 9.17) is 0 Å². The van der Waals surface area contributed by atoms with Crippen LogP contribution in [-0.2, 0) is 0 Å². The first kappa shape index (κ1) is 15.6. The quantitative estimate of drug-likeness (QED) is 0.738. The van der Waals surface area contributed by atoms with Gasteiger partial charge in [-0.3, -0.25) is 4.79 Å². The molecule has 0 aliphatic heterocycles. The van der Waals surface area contributed by atoms with Crippen LogP contribution in [-0.4, -0.2) is 17.8 Å². The smallest absolute Gasteiger partial charge is 0.251 e. The lowest BCUT2D eigenvalue weighted by Crippen LogP contribution is -2.29. The Kier molecular flexibility index (Phi) is 6.86. The molecule has 18 heavy (non-hydrogen) atoms. The van der Waals surface area contributed by atoms with E-state index in [1.165, 1.54) is 12.1 Å². The van der Waals surface area contributed by atoms with Crippen LogP contribution in [0.15, 0.2) is 22.7 Å². The van der Waals surface area contributed by atoms with Gasteiger partial charge in [0.05, 0.1) is 0 Å². The maximum atomic E-state index is 13.2. The van der Waals surface area contributed by atoms with Gasteiger partial charge in [-0.25, -0.2) is 4.39 Å². The number of alkyl halides is 1. The Morgan fingerprint density at radius 3 is 2.72 bits per heavy atom. The molecule has 2 nitrogen and oxygen atoms in total. The van der Waals surface area contributed by atoms with Crippen molar-refractivity contribution in [1.29, 1.82) is 0 Å². The molecule has 5 heteroatoms. The molecule has 1 aromatic rings. The molecule has 1 N–H and O–H groups in total. The van der Waals surface area contributed by atoms with Gasteiger partial charge in [0.2, 0.25) is 0 Å². The highest BCUT2D eigenvalue weighted by molar-refractivity contribution is 9.10. The highest BCUT2D eigenvalue weighted by Gasteiger charge is 2.11. The Labute approximate surface area is 124 Å². The van der Waals surface area contributed by atoms with Gasteiger partial charge in [0.25, 0.3) is 5.91 Å². The molecule has 1 amide bonds. The monoisotopic (exact) mass is 379 g/mol. The van der Waals surface area contributed by atoms with E-state index in [1.807, 2.05) is 0 Å². The minimum Gasteiger partial charge on any atom is -0.352 e. The van der Waals surface area contributed by atoms with Crippen molar-refractivity contribution in [3.8, 4) is 0 Å². The predicted octanol–water partition coefficient (Wildman–Crippen LogP) is 4.13. The van der Waals surface area contributed by atoms with Crippen LogP contribution in [0.3, 0.4) is 0 Å². The molecule has 0 aliphatic rings. The van der Waals surface area contributed by atoms with Crippen molar-refractivity contribution in [3.63, 3.8) is 0 Å². The molecule has 1 unspecified atom stereocenters. The number of carbonyl (C=O) groups is 1. The maximum Gasteiger partial charge on any atom is 0.251 e. The van der Waals surface area contributed by atoms with Crippen molar-refractivity contribution in [3.05, 3.63) is 34.1 Å². The number of nitrogens with one attached hydrogen (secondary N) is 1. The summed E-state index contributed by atoms with van der Waals surface area (Å²) in [6.07, 6.45) is 2.03. The van der Waals surface area contributed by atoms with E-state index < -0.39 is 5.82 Å². The molecule has 0 aliphatic carbocycles. The minimum absolute atomic E-state index is 0.233. The molecule has 0 saturated carbocycles. The molecule has 100 valence electrons. The Morgan fingerprint density at radius 1 is 1.44 bits per heavy atom. The van der Waals surface area contributed by atoms with Crippen molar-refractivity contribution in [1.82, 2.24) is 5.32 Å². The summed E-state index contributed by atoms with van der Waals surface area (Å²) in [5.74, 6) is -0.199. The van der Waals surface area contributed by atoms with Gasteiger partial charge in [-0.15, -0.1) is 0 Å². The van der Waals surface area contributed by atoms with Crippen LogP contribution in [0.1, 0.15) is 30.1 Å². The van der Waals surface area contributed by atoms with Crippen LogP contribution in [0, 0.1) is 11.7 Å². The molecule has 0 radical (unpaired) electrons. The molecule has 1 atom stereocenters. The van der Waals surface area contributed by atoms with Gasteiger partial charge in [0.1, 0.15) is 5.82 Å². The van der Waals surface area contributed by atoms with Crippen molar-refractivity contribution in [2.75, 3.05) is 11.9 Å². The van der Waals surface area contributed by atoms with Gasteiger partial charge in [0, 0.05) is 21.9 Å². The molecule has 1 rings (SSSR count). The van der Waals surface area contributed by atoms with Crippen molar-refractivity contribution < 1.29 is 9.18 Å². The molecule has 0 fully saturated rings. The SMILES string of the molecule is CCC(CCBr)CNC(=O)c1cc(F)cc(Br)c1. The first-order chi connectivity index (χ1) is 8.56. The minimum atomic E-state index is -0.415. The first-order valence-electron chi connectivity index (χ1n) is 5.87. The van der Waals surface area contributed by atoms with Gasteiger partial charge in [-0.2, -0.15) is 0 Å². The Balaban J connectivity index is 2.59. The molecule has 0 spiro atoms. The standard InChI is InChI=1S/C13H16Br2FNO/c1-2-9(3-4-14)8-17-13(18)10-5-11(15)7-12(16)6-10/h5-7,9H,2-4,8H2,1H3,(H,17,18). The van der Waals surface area contributed by atoms with Gasteiger partial charge < -0.3 is 5.32 Å². The molecule has 1 aromatic carbocycles. The fraction of sp³-hybridized carbons (Fsp3) is 0.462. The summed E-state index contributed by atoms with van der Waals surface area (Å²) in [5, 5.41) is 3.77. The van der Waals surface area contributed by atoms with E-state index in [-0.39, 0.29) is 5.91 Å². The number of hydrogen-bond donors (Lipinski definition) is 1. The summed E-state index contributed by atoms with van der Waals surface area (Å²) < 4.78 is 13.7. The maximum absolute atomic E-state index is 13.2. The Bertz CT molecular complexity index is 392. The van der Waals surface area contributed by atoms with E-state index in [0.29, 0.717) is 22.5 Å². The molecular formula is C13H16Br2FNO. The third kappa shape index (κ3) is 5.06. The summed E-state index contributed by atoms with van der Waals surface area (Å²) in [7, 11) is 0. The van der Waals surface area contributed by atoms with Crippen molar-refractivity contribution in [2.24, 2.45) is 5.92 Å². The average Bonchev–Trinajstić information content (AvgIpc) is 2.32. The summed E-state index contributed by atoms with van der Waals surface area (Å²) in [4.78, 5) is 11.9. The van der Waals surface area contributed by atoms with E-state index in [9.17, 15) is 9.18 Å². The molecule has 0 bridgehead atoms. The zero-order valence-electron chi connectivity index (χ0n) is 10.2. The highest BCUT2D eigenvalue weighted by Crippen LogP contribution is 2.15. The number of benzene rings is 1. The van der Waals surface area contributed by atoms with E-state index >= 15 is 0 Å². The van der Waals surface area contributed by atoms with Crippen molar-refractivity contribution in [2.45, 2.75) is 19.8 Å². The van der Waals surface area contributed by atoms with Crippen LogP contribution >= 0.6 is 31.9 Å². The number of halogens is 3. The van der Waals surface area contributed by atoms with Gasteiger partial charge >= 0.3 is 0 Å². The lowest BCUT2D eigenvalue weighted by molar-refractivity contribution is 0.0946. The molecular weight excluding hydrogens is 365 g/mol. The van der Waals surface area contributed by atoms with Gasteiger partial charge in [-0.1, -0.05) is 45.2 Å². The topological polar surface area (TPSA) is 29.1 Å².